The summed E-state index contributed by atoms with van der Waals surface area (Å²) in [6, 6.07) is 4.00. The fourth-order valence-electron chi connectivity index (χ4n) is 1.25. The van der Waals surface area contributed by atoms with Crippen LogP contribution in [0.5, 0.6) is 5.75 Å². The van der Waals surface area contributed by atoms with E-state index in [0.717, 1.165) is 17.9 Å². The SMILES string of the molecule is CC.CCC.CCC(C)(C)Cc1ccc(OC)cn1. The summed E-state index contributed by atoms with van der Waals surface area (Å²) < 4.78 is 5.06. The molecule has 112 valence electrons. The fraction of sp³-hybridized carbons (Fsp3) is 0.706. The molecule has 0 saturated heterocycles. The minimum absolute atomic E-state index is 0.335. The average Bonchev–Trinajstić information content (AvgIpc) is 2.42. The second-order valence-electron chi connectivity index (χ2n) is 5.09. The van der Waals surface area contributed by atoms with E-state index in [2.05, 4.69) is 39.6 Å². The lowest BCUT2D eigenvalue weighted by Crippen LogP contribution is -2.14. The first kappa shape index (κ1) is 20.3. The highest BCUT2D eigenvalue weighted by Gasteiger charge is 2.16. The standard InChI is InChI=1S/C12H19NO.C3H8.C2H6/c1-5-12(2,3)8-10-6-7-11(14-4)9-13-10;1-3-2;1-2/h6-7,9H,5,8H2,1-4H3;3H2,1-2H3;1-2H3. The molecule has 0 unspecified atom stereocenters. The van der Waals surface area contributed by atoms with Gasteiger partial charge in [-0.2, -0.15) is 0 Å². The molecule has 0 radical (unpaired) electrons. The third-order valence-electron chi connectivity index (χ3n) is 2.65. The lowest BCUT2D eigenvalue weighted by molar-refractivity contribution is 0.344. The van der Waals surface area contributed by atoms with E-state index in [1.165, 1.54) is 12.8 Å². The van der Waals surface area contributed by atoms with Gasteiger partial charge in [0.2, 0.25) is 0 Å². The van der Waals surface area contributed by atoms with Crippen LogP contribution in [0.2, 0.25) is 0 Å². The zero-order valence-electron chi connectivity index (χ0n) is 14.2. The molecule has 1 heterocycles. The van der Waals surface area contributed by atoms with Crippen LogP contribution in [-0.4, -0.2) is 12.1 Å². The van der Waals surface area contributed by atoms with Gasteiger partial charge in [-0.05, 0) is 24.0 Å². The van der Waals surface area contributed by atoms with E-state index in [4.69, 9.17) is 4.74 Å². The van der Waals surface area contributed by atoms with Gasteiger partial charge in [0.1, 0.15) is 5.75 Å². The fourth-order valence-corrected chi connectivity index (χ4v) is 1.25. The Morgan fingerprint density at radius 1 is 1.11 bits per heavy atom. The van der Waals surface area contributed by atoms with Crippen LogP contribution in [0.4, 0.5) is 0 Å². The van der Waals surface area contributed by atoms with Crippen LogP contribution < -0.4 is 4.74 Å². The molecule has 0 aromatic carbocycles. The Labute approximate surface area is 120 Å². The van der Waals surface area contributed by atoms with Crippen LogP contribution >= 0.6 is 0 Å². The Bertz CT molecular complexity index is 291. The van der Waals surface area contributed by atoms with E-state index >= 15 is 0 Å². The molecule has 0 fully saturated rings. The lowest BCUT2D eigenvalue weighted by Gasteiger charge is -2.21. The number of hydrogen-bond donors (Lipinski definition) is 0. The minimum atomic E-state index is 0.335. The van der Waals surface area contributed by atoms with Crippen LogP contribution in [-0.2, 0) is 6.42 Å². The van der Waals surface area contributed by atoms with Gasteiger partial charge in [-0.3, -0.25) is 4.98 Å². The molecule has 0 aliphatic heterocycles. The second kappa shape index (κ2) is 12.0. The number of rotatable bonds is 4. The number of aromatic nitrogens is 1. The van der Waals surface area contributed by atoms with Gasteiger partial charge in [-0.1, -0.05) is 61.3 Å². The van der Waals surface area contributed by atoms with Gasteiger partial charge in [0.05, 0.1) is 13.3 Å². The molecule has 1 rings (SSSR count). The third kappa shape index (κ3) is 10.5. The summed E-state index contributed by atoms with van der Waals surface area (Å²) >= 11 is 0. The number of ether oxygens (including phenoxy) is 1. The van der Waals surface area contributed by atoms with Gasteiger partial charge < -0.3 is 4.74 Å². The smallest absolute Gasteiger partial charge is 0.137 e. The van der Waals surface area contributed by atoms with E-state index in [-0.39, 0.29) is 0 Å². The Hall–Kier alpha value is -1.05. The van der Waals surface area contributed by atoms with Crippen molar-refractivity contribution < 1.29 is 4.74 Å². The molecule has 0 aliphatic rings. The Morgan fingerprint density at radius 2 is 1.63 bits per heavy atom. The topological polar surface area (TPSA) is 22.1 Å². The molecule has 0 N–H and O–H groups in total. The quantitative estimate of drug-likeness (QED) is 0.717. The summed E-state index contributed by atoms with van der Waals surface area (Å²) in [7, 11) is 1.66. The highest BCUT2D eigenvalue weighted by molar-refractivity contribution is 5.20. The van der Waals surface area contributed by atoms with Crippen molar-refractivity contribution in [2.45, 2.75) is 67.7 Å². The summed E-state index contributed by atoms with van der Waals surface area (Å²) in [5.41, 5.74) is 1.47. The van der Waals surface area contributed by atoms with E-state index in [1.807, 2.05) is 26.0 Å². The third-order valence-corrected chi connectivity index (χ3v) is 2.65. The summed E-state index contributed by atoms with van der Waals surface area (Å²) in [6.07, 6.45) is 5.22. The maximum Gasteiger partial charge on any atom is 0.137 e. The number of methoxy groups -OCH3 is 1. The van der Waals surface area contributed by atoms with Gasteiger partial charge in [-0.25, -0.2) is 0 Å². The van der Waals surface area contributed by atoms with Crippen molar-refractivity contribution in [3.8, 4) is 5.75 Å². The summed E-state index contributed by atoms with van der Waals surface area (Å²) in [5, 5.41) is 0. The van der Waals surface area contributed by atoms with Crippen molar-refractivity contribution in [2.75, 3.05) is 7.11 Å². The molecule has 0 spiro atoms. The Balaban J connectivity index is 0. The normalized spacial score (nSPS) is 9.68. The molecule has 2 heteroatoms. The first-order chi connectivity index (χ1) is 8.99. The largest absolute Gasteiger partial charge is 0.495 e. The van der Waals surface area contributed by atoms with Crippen molar-refractivity contribution in [1.82, 2.24) is 4.98 Å². The molecule has 1 aromatic rings. The maximum absolute atomic E-state index is 5.06. The zero-order chi connectivity index (χ0) is 15.3. The molecular weight excluding hydrogens is 234 g/mol. The molecule has 2 nitrogen and oxygen atoms in total. The molecule has 0 saturated carbocycles. The molecule has 0 bridgehead atoms. The van der Waals surface area contributed by atoms with Crippen molar-refractivity contribution in [2.24, 2.45) is 5.41 Å². The molecule has 0 amide bonds. The van der Waals surface area contributed by atoms with Gasteiger partial charge in [0, 0.05) is 5.69 Å². The molecule has 0 atom stereocenters. The van der Waals surface area contributed by atoms with Gasteiger partial charge in [0.15, 0.2) is 0 Å². The van der Waals surface area contributed by atoms with Crippen LogP contribution in [0.15, 0.2) is 18.3 Å². The molecule has 19 heavy (non-hydrogen) atoms. The highest BCUT2D eigenvalue weighted by atomic mass is 16.5. The van der Waals surface area contributed by atoms with Crippen LogP contribution in [0, 0.1) is 5.41 Å². The summed E-state index contributed by atoms with van der Waals surface area (Å²) in [4.78, 5) is 4.36. The van der Waals surface area contributed by atoms with Crippen LogP contribution in [0.3, 0.4) is 0 Å². The van der Waals surface area contributed by atoms with E-state index in [9.17, 15) is 0 Å². The second-order valence-corrected chi connectivity index (χ2v) is 5.09. The Morgan fingerprint density at radius 3 is 1.95 bits per heavy atom. The minimum Gasteiger partial charge on any atom is -0.495 e. The van der Waals surface area contributed by atoms with E-state index < -0.39 is 0 Å². The summed E-state index contributed by atoms with van der Waals surface area (Å²) in [5.74, 6) is 0.822. The number of pyridine rings is 1. The number of nitrogens with zero attached hydrogens (tertiary/aromatic N) is 1. The predicted molar refractivity (Wildman–Crippen MR) is 85.9 cm³/mol. The van der Waals surface area contributed by atoms with Crippen molar-refractivity contribution in [1.29, 1.82) is 0 Å². The average molecular weight is 267 g/mol. The maximum atomic E-state index is 5.06. The predicted octanol–water partition coefficient (Wildman–Crippen LogP) is 5.51. The van der Waals surface area contributed by atoms with Gasteiger partial charge in [-0.15, -0.1) is 0 Å². The lowest BCUT2D eigenvalue weighted by atomic mass is 9.85. The van der Waals surface area contributed by atoms with Crippen molar-refractivity contribution in [3.05, 3.63) is 24.0 Å². The van der Waals surface area contributed by atoms with Crippen molar-refractivity contribution >= 4 is 0 Å². The Kier molecular flexibility index (Phi) is 12.8. The molecule has 0 aliphatic carbocycles. The van der Waals surface area contributed by atoms with Crippen molar-refractivity contribution in [3.63, 3.8) is 0 Å². The van der Waals surface area contributed by atoms with Gasteiger partial charge >= 0.3 is 0 Å². The monoisotopic (exact) mass is 267 g/mol. The summed E-state index contributed by atoms with van der Waals surface area (Å²) in [6.45, 7) is 15.0. The van der Waals surface area contributed by atoms with E-state index in [1.54, 1.807) is 13.3 Å². The van der Waals surface area contributed by atoms with Crippen LogP contribution in [0.1, 0.15) is 67.0 Å². The highest BCUT2D eigenvalue weighted by Crippen LogP contribution is 2.24. The number of hydrogen-bond acceptors (Lipinski definition) is 2. The van der Waals surface area contributed by atoms with E-state index in [0.29, 0.717) is 5.41 Å². The van der Waals surface area contributed by atoms with Gasteiger partial charge in [0.25, 0.3) is 0 Å². The first-order valence-electron chi connectivity index (χ1n) is 7.48. The molecular formula is C17H33NO. The molecule has 1 aromatic heterocycles. The first-order valence-corrected chi connectivity index (χ1v) is 7.48. The zero-order valence-corrected chi connectivity index (χ0v) is 14.2. The van der Waals surface area contributed by atoms with Crippen LogP contribution in [0.25, 0.3) is 0 Å².